The lowest BCUT2D eigenvalue weighted by molar-refractivity contribution is 2.50. The van der Waals surface area contributed by atoms with Crippen molar-refractivity contribution in [1.29, 1.82) is 0 Å². The van der Waals surface area contributed by atoms with Crippen molar-refractivity contribution in [3.8, 4) is 0 Å². The molecule has 0 heterocycles. The van der Waals surface area contributed by atoms with Crippen molar-refractivity contribution in [3.63, 3.8) is 0 Å². The molecule has 0 aromatic carbocycles. The van der Waals surface area contributed by atoms with E-state index < -0.39 is 0 Å². The van der Waals surface area contributed by atoms with E-state index in [9.17, 15) is 0 Å². The summed E-state index contributed by atoms with van der Waals surface area (Å²) in [5, 5.41) is 0. The van der Waals surface area contributed by atoms with Crippen LogP contribution < -0.4 is 0 Å². The minimum Gasteiger partial charge on any atom is -0.0776 e. The fraction of sp³-hybridized carbons (Fsp3) is 1.00. The van der Waals surface area contributed by atoms with Crippen molar-refractivity contribution in [2.24, 2.45) is 0 Å². The molecule has 0 bridgehead atoms. The Balaban J connectivity index is 0. The highest BCUT2D eigenvalue weighted by molar-refractivity contribution is 2.57. The lowest BCUT2D eigenvalue weighted by atomic mass is 12.0. The Morgan fingerprint density at radius 2 is 0.0143 bits per heavy atom. The van der Waals surface area contributed by atoms with Crippen molar-refractivity contribution in [3.05, 3.63) is 0 Å². The summed E-state index contributed by atoms with van der Waals surface area (Å²) in [6.07, 6.45) is 0. The van der Waals surface area contributed by atoms with Gasteiger partial charge in [0.2, 0.25) is 0 Å². The van der Waals surface area contributed by atoms with Gasteiger partial charge in [0.25, 0.3) is 0 Å². The molecule has 560 valence electrons. The molecule has 0 saturated carbocycles. The number of hydrogen-bond acceptors (Lipinski definition) is 0. The van der Waals surface area contributed by atoms with Gasteiger partial charge in [-0.25, -0.2) is 0 Å². The highest BCUT2D eigenvalue weighted by Crippen LogP contribution is 0.213. The summed E-state index contributed by atoms with van der Waals surface area (Å²) in [5.41, 5.74) is 0. The predicted molar refractivity (Wildman–Crippen MR) is 471 cm³/mol. The summed E-state index contributed by atoms with van der Waals surface area (Å²) in [6, 6.07) is 0. The lowest BCUT2D eigenvalue weighted by Gasteiger charge is -0.0786. The van der Waals surface area contributed by atoms with Crippen molar-refractivity contribution >= 4 is 0 Å². The first kappa shape index (κ1) is 0. The second-order valence-electron chi connectivity index (χ2n) is 0. The molecular formula is C70H280. The minimum atomic E-state index is 0. The van der Waals surface area contributed by atoms with Crippen LogP contribution in [0.3, 0.4) is 0 Å². The Morgan fingerprint density at radius 3 is 0.0143 bits per heavy atom. The van der Waals surface area contributed by atoms with Gasteiger partial charge in [-0.15, -0.1) is 0 Å². The first-order chi connectivity index (χ1) is 0. The summed E-state index contributed by atoms with van der Waals surface area (Å²) in [4.78, 5) is 0. The minimum absolute atomic E-state index is 0. The van der Waals surface area contributed by atoms with Crippen molar-refractivity contribution in [2.45, 2.75) is 520 Å². The quantitative estimate of drug-likeness (QED) is 0.227. The number of rotatable bonds is 0. The van der Waals surface area contributed by atoms with E-state index in [1.54, 1.807) is 0 Å². The lowest BCUT2D eigenvalue weighted by Crippen LogP contribution is 0.143. The molecule has 0 nitrogen and oxygen atoms in total. The molecule has 0 atom stereocenters. The van der Waals surface area contributed by atoms with Gasteiger partial charge in [0.05, 0.1) is 0 Å². The van der Waals surface area contributed by atoms with E-state index >= 15 is 0 Å². The molecule has 0 aliphatic rings. The third-order valence-electron chi connectivity index (χ3n) is 0. The van der Waals surface area contributed by atoms with E-state index in [-0.39, 0.29) is 520 Å². The van der Waals surface area contributed by atoms with Crippen LogP contribution >= 0.6 is 0 Å². The van der Waals surface area contributed by atoms with Crippen LogP contribution in [-0.2, 0) is 0 Å². The van der Waals surface area contributed by atoms with Gasteiger partial charge < -0.3 is 0 Å². The molecule has 0 spiro atoms. The smallest absolute Gasteiger partial charge is 0.0776 e. The zero-order valence-electron chi connectivity index (χ0n) is 0. The Morgan fingerprint density at radius 1 is 0.0143 bits per heavy atom. The van der Waals surface area contributed by atoms with E-state index in [1.807, 2.05) is 0 Å². The van der Waals surface area contributed by atoms with E-state index in [4.69, 9.17) is 0 Å². The molecule has 0 aliphatic heterocycles. The van der Waals surface area contributed by atoms with Crippen LogP contribution in [0.25, 0.3) is 0 Å². The largest absolute Gasteiger partial charge is 0.0776 e. The Hall–Kier alpha value is 0. The van der Waals surface area contributed by atoms with Gasteiger partial charge in [0.15, 0.2) is 0 Å². The summed E-state index contributed by atoms with van der Waals surface area (Å²) in [5.74, 6) is 0. The third kappa shape index (κ3) is 0. The van der Waals surface area contributed by atoms with E-state index in [0.717, 1.165) is 0 Å². The molecule has 70 heavy (non-hydrogen) atoms. The maximum Gasteiger partial charge on any atom is -0.0776 e. The normalized spacial score (nSPS) is 0. The van der Waals surface area contributed by atoms with Crippen LogP contribution in [0.5, 0.6) is 0 Å². The average Bonchev–Trinajstić information content (AvgIpc) is 0. The van der Waals surface area contributed by atoms with Crippen LogP contribution in [0.1, 0.15) is 520 Å². The Bertz CT molecular complexity index is 0. The van der Waals surface area contributed by atoms with Crippen LogP contribution in [-0.4, -0.2) is 0 Å². The molecule has 0 fully saturated rings. The Labute approximate surface area is 517 Å². The van der Waals surface area contributed by atoms with Crippen LogP contribution in [0.4, 0.5) is 0 Å². The monoisotopic (exact) mass is 1120 g/mol. The summed E-state index contributed by atoms with van der Waals surface area (Å²) in [6.45, 7) is 0. The van der Waals surface area contributed by atoms with Crippen LogP contribution in [0, 0.1) is 0 Å². The van der Waals surface area contributed by atoms with Gasteiger partial charge >= 0.3 is 0 Å². The molecule has 0 aliphatic carbocycles. The molecule has 0 rings (SSSR count). The predicted octanol–water partition coefficient (Wildman–Crippen LogP) is 44.5. The third-order valence-corrected chi connectivity index (χ3v) is 0. The van der Waals surface area contributed by atoms with Crippen LogP contribution in [0.15, 0.2) is 0 Å². The standard InChI is InChI=1S/70CH4/h70*1H4. The molecule has 0 N–H and O–H groups in total. The SMILES string of the molecule is C.C.C.C.C.C.C.C.C.C.C.C.C.C.C.C.C.C.C.C.C.C.C.C.C.C.C.C.C.C.C.C.C.C.C.C.C.C.C.C.C.C.C.C.C.C.C.C.C.C.C.C.C.C.C.C.C.C.C.C.C.C.C.C.C.C.C.C.C.C. The van der Waals surface area contributed by atoms with Crippen LogP contribution in [0.2, 0.25) is 0 Å². The van der Waals surface area contributed by atoms with Crippen molar-refractivity contribution in [2.75, 3.05) is 0 Å². The average molecular weight is 1120 g/mol. The van der Waals surface area contributed by atoms with Gasteiger partial charge in [-0.3, -0.25) is 0 Å². The zero-order chi connectivity index (χ0) is 0. The van der Waals surface area contributed by atoms with Crippen molar-refractivity contribution < 1.29 is 0 Å². The second-order valence-corrected chi connectivity index (χ2v) is 0. The zero-order valence-corrected chi connectivity index (χ0v) is 0. The fourth-order valence-corrected chi connectivity index (χ4v) is 0. The van der Waals surface area contributed by atoms with Gasteiger partial charge in [-0.1, -0.05) is 520 Å². The van der Waals surface area contributed by atoms with Gasteiger partial charge in [0, 0.05) is 0 Å². The molecule has 0 unspecified atom stereocenters. The summed E-state index contributed by atoms with van der Waals surface area (Å²) < 4.78 is 0. The number of hydrogen-bond donors (Lipinski definition) is 0. The molecule has 0 saturated heterocycles. The van der Waals surface area contributed by atoms with Gasteiger partial charge in [0.1, 0.15) is 0 Å². The molecule has 0 heteroatoms. The molecule has 0 aromatic heterocycles. The topological polar surface area (TPSA) is 0 Å². The van der Waals surface area contributed by atoms with Crippen molar-refractivity contribution in [1.82, 2.24) is 0 Å². The first-order valence-electron chi connectivity index (χ1n) is 0. The Kier molecular flexibility index (Phi) is 0. The summed E-state index contributed by atoms with van der Waals surface area (Å²) >= 11 is 0. The van der Waals surface area contributed by atoms with Gasteiger partial charge in [-0.2, -0.15) is 0 Å². The molecule has 0 radical (unpaired) electrons. The van der Waals surface area contributed by atoms with E-state index in [2.05, 4.69) is 0 Å². The highest BCUT2D eigenvalue weighted by atomic mass is 12.1. The maximum absolute atomic E-state index is 0. The molecular weight excluding hydrogens is 841 g/mol. The van der Waals surface area contributed by atoms with Gasteiger partial charge in [-0.05, 0) is 0 Å². The fourth-order valence-electron chi connectivity index (χ4n) is 0. The molecule has 0 amide bonds. The van der Waals surface area contributed by atoms with E-state index in [0.29, 0.717) is 0 Å². The first-order valence-corrected chi connectivity index (χ1v) is 0. The summed E-state index contributed by atoms with van der Waals surface area (Å²) in [7, 11) is 0. The second kappa shape index (κ2) is 0. The maximum atomic E-state index is 0. The highest BCUT2D eigenvalue weighted by Gasteiger charge is -0.00856. The molecule has 0 aromatic rings. The van der Waals surface area contributed by atoms with E-state index in [1.165, 1.54) is 0 Å².